The SMILES string of the molecule is COc1ccc(OC)c(C2CCCN2C(=O)c2ccc3nc(C(F)F)[nH]c3c2)c1. The Morgan fingerprint density at radius 1 is 1.21 bits per heavy atom. The number of rotatable bonds is 5. The van der Waals surface area contributed by atoms with E-state index in [4.69, 9.17) is 9.47 Å². The van der Waals surface area contributed by atoms with Gasteiger partial charge in [-0.25, -0.2) is 13.8 Å². The molecule has 4 rings (SSSR count). The Bertz CT molecular complexity index is 1050. The first-order valence-electron chi connectivity index (χ1n) is 9.32. The Hall–Kier alpha value is -3.16. The summed E-state index contributed by atoms with van der Waals surface area (Å²) in [5.41, 5.74) is 2.14. The van der Waals surface area contributed by atoms with E-state index < -0.39 is 12.2 Å². The highest BCUT2D eigenvalue weighted by atomic mass is 19.3. The zero-order chi connectivity index (χ0) is 20.5. The predicted octanol–water partition coefficient (Wildman–Crippen LogP) is 4.50. The molecule has 1 aliphatic heterocycles. The van der Waals surface area contributed by atoms with Gasteiger partial charge in [-0.05, 0) is 49.2 Å². The maximum Gasteiger partial charge on any atom is 0.295 e. The molecule has 3 aromatic rings. The summed E-state index contributed by atoms with van der Waals surface area (Å²) in [5.74, 6) is 0.830. The van der Waals surface area contributed by atoms with E-state index >= 15 is 0 Å². The summed E-state index contributed by atoms with van der Waals surface area (Å²) >= 11 is 0. The third-order valence-electron chi connectivity index (χ3n) is 5.26. The van der Waals surface area contributed by atoms with Gasteiger partial charge in [0.15, 0.2) is 5.82 Å². The molecule has 6 nitrogen and oxygen atoms in total. The number of likely N-dealkylation sites (tertiary alicyclic amines) is 1. The van der Waals surface area contributed by atoms with Gasteiger partial charge in [0, 0.05) is 17.7 Å². The van der Waals surface area contributed by atoms with E-state index in [-0.39, 0.29) is 11.9 Å². The van der Waals surface area contributed by atoms with Crippen LogP contribution in [0.2, 0.25) is 0 Å². The number of ether oxygens (including phenoxy) is 2. The van der Waals surface area contributed by atoms with Crippen LogP contribution < -0.4 is 9.47 Å². The number of nitrogens with one attached hydrogen (secondary N) is 1. The lowest BCUT2D eigenvalue weighted by atomic mass is 10.0. The molecule has 1 unspecified atom stereocenters. The number of hydrogen-bond acceptors (Lipinski definition) is 4. The number of hydrogen-bond donors (Lipinski definition) is 1. The number of aromatic nitrogens is 2. The largest absolute Gasteiger partial charge is 0.497 e. The van der Waals surface area contributed by atoms with E-state index in [2.05, 4.69) is 9.97 Å². The Balaban J connectivity index is 1.67. The van der Waals surface area contributed by atoms with Crippen LogP contribution in [-0.2, 0) is 0 Å². The molecule has 1 N–H and O–H groups in total. The molecule has 0 spiro atoms. The second kappa shape index (κ2) is 7.69. The van der Waals surface area contributed by atoms with Crippen molar-refractivity contribution in [1.29, 1.82) is 0 Å². The van der Waals surface area contributed by atoms with Gasteiger partial charge in [0.2, 0.25) is 0 Å². The zero-order valence-corrected chi connectivity index (χ0v) is 16.1. The minimum Gasteiger partial charge on any atom is -0.497 e. The minimum atomic E-state index is -2.69. The number of benzene rings is 2. The van der Waals surface area contributed by atoms with E-state index in [1.54, 1.807) is 37.3 Å². The van der Waals surface area contributed by atoms with Crippen LogP contribution in [-0.4, -0.2) is 41.5 Å². The summed E-state index contributed by atoms with van der Waals surface area (Å²) in [4.78, 5) is 21.5. The fourth-order valence-corrected chi connectivity index (χ4v) is 3.86. The second-order valence-electron chi connectivity index (χ2n) is 6.92. The molecule has 2 aromatic carbocycles. The van der Waals surface area contributed by atoms with Crippen LogP contribution in [0.4, 0.5) is 8.78 Å². The summed E-state index contributed by atoms with van der Waals surface area (Å²) < 4.78 is 36.6. The predicted molar refractivity (Wildman–Crippen MR) is 104 cm³/mol. The van der Waals surface area contributed by atoms with Crippen molar-refractivity contribution in [2.45, 2.75) is 25.3 Å². The van der Waals surface area contributed by atoms with Crippen LogP contribution >= 0.6 is 0 Å². The minimum absolute atomic E-state index is 0.151. The number of alkyl halides is 2. The standard InChI is InChI=1S/C21H21F2N3O3/c1-28-13-6-8-18(29-2)14(11-13)17-4-3-9-26(17)21(27)12-5-7-15-16(10-12)25-20(24-15)19(22)23/h5-8,10-11,17,19H,3-4,9H2,1-2H3,(H,24,25). The summed E-state index contributed by atoms with van der Waals surface area (Å²) in [6.07, 6.45) is -1.03. The van der Waals surface area contributed by atoms with Gasteiger partial charge in [-0.3, -0.25) is 4.79 Å². The van der Waals surface area contributed by atoms with Gasteiger partial charge in [0.1, 0.15) is 11.5 Å². The monoisotopic (exact) mass is 401 g/mol. The van der Waals surface area contributed by atoms with Crippen molar-refractivity contribution in [3.8, 4) is 11.5 Å². The number of H-pyrrole nitrogens is 1. The molecule has 0 aliphatic carbocycles. The molecule has 1 aliphatic rings. The van der Waals surface area contributed by atoms with Crippen molar-refractivity contribution in [3.63, 3.8) is 0 Å². The van der Waals surface area contributed by atoms with Crippen LogP contribution in [0.5, 0.6) is 11.5 Å². The van der Waals surface area contributed by atoms with Crippen molar-refractivity contribution < 1.29 is 23.0 Å². The van der Waals surface area contributed by atoms with E-state index in [0.717, 1.165) is 18.4 Å². The molecule has 8 heteroatoms. The normalized spacial score (nSPS) is 16.6. The number of nitrogens with zero attached hydrogens (tertiary/aromatic N) is 2. The Kier molecular flexibility index (Phi) is 5.08. The van der Waals surface area contributed by atoms with Crippen molar-refractivity contribution in [2.24, 2.45) is 0 Å². The van der Waals surface area contributed by atoms with Crippen molar-refractivity contribution in [1.82, 2.24) is 14.9 Å². The maximum atomic E-state index is 13.2. The molecule has 29 heavy (non-hydrogen) atoms. The molecule has 1 aromatic heterocycles. The number of imidazole rings is 1. The lowest BCUT2D eigenvalue weighted by molar-refractivity contribution is 0.0734. The highest BCUT2D eigenvalue weighted by molar-refractivity contribution is 5.97. The smallest absolute Gasteiger partial charge is 0.295 e. The van der Waals surface area contributed by atoms with Crippen LogP contribution in [0, 0.1) is 0 Å². The van der Waals surface area contributed by atoms with Gasteiger partial charge in [-0.2, -0.15) is 0 Å². The summed E-state index contributed by atoms with van der Waals surface area (Å²) in [6, 6.07) is 10.2. The highest BCUT2D eigenvalue weighted by Crippen LogP contribution is 2.39. The van der Waals surface area contributed by atoms with Crippen molar-refractivity contribution in [2.75, 3.05) is 20.8 Å². The van der Waals surface area contributed by atoms with Gasteiger partial charge in [-0.1, -0.05) is 0 Å². The van der Waals surface area contributed by atoms with E-state index in [1.807, 2.05) is 18.2 Å². The van der Waals surface area contributed by atoms with Gasteiger partial charge in [-0.15, -0.1) is 0 Å². The number of carbonyl (C=O) groups is 1. The third-order valence-corrected chi connectivity index (χ3v) is 5.26. The lowest BCUT2D eigenvalue weighted by Gasteiger charge is -2.27. The fourth-order valence-electron chi connectivity index (χ4n) is 3.86. The maximum absolute atomic E-state index is 13.2. The Labute approximate surface area is 166 Å². The third kappa shape index (κ3) is 3.50. The molecular formula is C21H21F2N3O3. The quantitative estimate of drug-likeness (QED) is 0.684. The molecule has 1 atom stereocenters. The number of halogens is 2. The molecular weight excluding hydrogens is 380 g/mol. The van der Waals surface area contributed by atoms with Crippen LogP contribution in [0.25, 0.3) is 11.0 Å². The average molecular weight is 401 g/mol. The van der Waals surface area contributed by atoms with E-state index in [9.17, 15) is 13.6 Å². The Morgan fingerprint density at radius 2 is 2.03 bits per heavy atom. The summed E-state index contributed by atoms with van der Waals surface area (Å²) in [6.45, 7) is 0.604. The molecule has 1 saturated heterocycles. The average Bonchev–Trinajstić information content (AvgIpc) is 3.39. The Morgan fingerprint density at radius 3 is 2.76 bits per heavy atom. The molecule has 0 bridgehead atoms. The van der Waals surface area contributed by atoms with Crippen LogP contribution in [0.1, 0.15) is 47.1 Å². The highest BCUT2D eigenvalue weighted by Gasteiger charge is 2.33. The number of amides is 1. The van der Waals surface area contributed by atoms with Gasteiger partial charge >= 0.3 is 0 Å². The first-order chi connectivity index (χ1) is 14.0. The van der Waals surface area contributed by atoms with Gasteiger partial charge in [0.05, 0.1) is 31.3 Å². The van der Waals surface area contributed by atoms with Crippen molar-refractivity contribution in [3.05, 3.63) is 53.3 Å². The molecule has 0 radical (unpaired) electrons. The number of fused-ring (bicyclic) bond motifs is 1. The number of methoxy groups -OCH3 is 2. The van der Waals surface area contributed by atoms with E-state index in [1.165, 1.54) is 0 Å². The molecule has 1 fully saturated rings. The van der Waals surface area contributed by atoms with Crippen LogP contribution in [0.15, 0.2) is 36.4 Å². The van der Waals surface area contributed by atoms with Crippen molar-refractivity contribution >= 4 is 16.9 Å². The number of aromatic amines is 1. The van der Waals surface area contributed by atoms with Gasteiger partial charge < -0.3 is 19.4 Å². The van der Waals surface area contributed by atoms with E-state index in [0.29, 0.717) is 34.6 Å². The lowest BCUT2D eigenvalue weighted by Crippen LogP contribution is -2.30. The molecule has 1 amide bonds. The van der Waals surface area contributed by atoms with Gasteiger partial charge in [0.25, 0.3) is 12.3 Å². The first-order valence-corrected chi connectivity index (χ1v) is 9.32. The molecule has 2 heterocycles. The molecule has 152 valence electrons. The second-order valence-corrected chi connectivity index (χ2v) is 6.92. The summed E-state index contributed by atoms with van der Waals surface area (Å²) in [7, 11) is 3.19. The topological polar surface area (TPSA) is 67.5 Å². The van der Waals surface area contributed by atoms with Crippen LogP contribution in [0.3, 0.4) is 0 Å². The summed E-state index contributed by atoms with van der Waals surface area (Å²) in [5, 5.41) is 0. The fraction of sp³-hybridized carbons (Fsp3) is 0.333. The zero-order valence-electron chi connectivity index (χ0n) is 16.1. The first kappa shape index (κ1) is 19.2. The molecule has 0 saturated carbocycles. The number of carbonyl (C=O) groups excluding carboxylic acids is 1.